The average Bonchev–Trinajstić information content (AvgIpc) is 2.49. The van der Waals surface area contributed by atoms with Gasteiger partial charge in [-0.25, -0.2) is 0 Å². The number of rotatable bonds is 2. The molecule has 1 aromatic heterocycles. The molecule has 0 radical (unpaired) electrons. The van der Waals surface area contributed by atoms with Crippen molar-refractivity contribution in [2.24, 2.45) is 5.73 Å². The third kappa shape index (κ3) is 2.30. The van der Waals surface area contributed by atoms with Gasteiger partial charge in [-0.2, -0.15) is 0 Å². The second-order valence-electron chi connectivity index (χ2n) is 4.46. The predicted molar refractivity (Wildman–Crippen MR) is 51.6 cm³/mol. The van der Waals surface area contributed by atoms with Crippen LogP contribution in [-0.2, 0) is 5.41 Å². The van der Waals surface area contributed by atoms with E-state index in [9.17, 15) is 5.11 Å². The third-order valence-electron chi connectivity index (χ3n) is 1.89. The van der Waals surface area contributed by atoms with Gasteiger partial charge >= 0.3 is 0 Å². The van der Waals surface area contributed by atoms with Crippen LogP contribution in [0.1, 0.15) is 45.5 Å². The van der Waals surface area contributed by atoms with Gasteiger partial charge in [0.25, 0.3) is 0 Å². The summed E-state index contributed by atoms with van der Waals surface area (Å²) in [7, 11) is 0. The highest BCUT2D eigenvalue weighted by Crippen LogP contribution is 2.22. The highest BCUT2D eigenvalue weighted by atomic mass is 16.4. The van der Waals surface area contributed by atoms with E-state index in [1.54, 1.807) is 6.92 Å². The number of aliphatic hydroxyl groups excluding tert-OH is 1. The van der Waals surface area contributed by atoms with Gasteiger partial charge in [0, 0.05) is 5.41 Å². The second-order valence-corrected chi connectivity index (χ2v) is 4.46. The van der Waals surface area contributed by atoms with Crippen molar-refractivity contribution < 1.29 is 9.52 Å². The van der Waals surface area contributed by atoms with Crippen LogP contribution in [0.25, 0.3) is 0 Å². The standard InChI is InChI=1S/C9H17N3O2/c1-5(13)6(10)7-11-12-8(14-7)9(2,3)4/h5-6,13H,10H2,1-4H3/t5-,6+/m0/s1. The maximum absolute atomic E-state index is 9.23. The molecule has 1 heterocycles. The van der Waals surface area contributed by atoms with E-state index in [4.69, 9.17) is 10.2 Å². The number of nitrogens with zero attached hydrogens (tertiary/aromatic N) is 2. The molecule has 80 valence electrons. The Morgan fingerprint density at radius 1 is 1.36 bits per heavy atom. The van der Waals surface area contributed by atoms with Crippen LogP contribution in [-0.4, -0.2) is 21.4 Å². The van der Waals surface area contributed by atoms with Crippen molar-refractivity contribution in [1.82, 2.24) is 10.2 Å². The van der Waals surface area contributed by atoms with Crippen LogP contribution in [0.2, 0.25) is 0 Å². The van der Waals surface area contributed by atoms with E-state index in [1.807, 2.05) is 20.8 Å². The van der Waals surface area contributed by atoms with E-state index in [2.05, 4.69) is 10.2 Å². The van der Waals surface area contributed by atoms with Gasteiger partial charge < -0.3 is 15.3 Å². The number of aliphatic hydroxyl groups is 1. The van der Waals surface area contributed by atoms with Crippen LogP contribution in [0.15, 0.2) is 4.42 Å². The van der Waals surface area contributed by atoms with Gasteiger partial charge in [0.2, 0.25) is 11.8 Å². The average molecular weight is 199 g/mol. The van der Waals surface area contributed by atoms with Crippen LogP contribution in [0.5, 0.6) is 0 Å². The fourth-order valence-corrected chi connectivity index (χ4v) is 0.879. The minimum absolute atomic E-state index is 0.191. The zero-order valence-electron chi connectivity index (χ0n) is 8.98. The fourth-order valence-electron chi connectivity index (χ4n) is 0.879. The summed E-state index contributed by atoms with van der Waals surface area (Å²) >= 11 is 0. The van der Waals surface area contributed by atoms with Crippen LogP contribution in [0.3, 0.4) is 0 Å². The summed E-state index contributed by atoms with van der Waals surface area (Å²) in [6.07, 6.45) is -0.691. The molecule has 0 bridgehead atoms. The fraction of sp³-hybridized carbons (Fsp3) is 0.778. The number of nitrogens with two attached hydrogens (primary N) is 1. The maximum Gasteiger partial charge on any atom is 0.235 e. The molecule has 3 N–H and O–H groups in total. The number of hydrogen-bond acceptors (Lipinski definition) is 5. The molecule has 1 rings (SSSR count). The Balaban J connectivity index is 2.89. The monoisotopic (exact) mass is 199 g/mol. The lowest BCUT2D eigenvalue weighted by Gasteiger charge is -2.12. The first kappa shape index (κ1) is 11.1. The third-order valence-corrected chi connectivity index (χ3v) is 1.89. The smallest absolute Gasteiger partial charge is 0.235 e. The second kappa shape index (κ2) is 3.67. The predicted octanol–water partition coefficient (Wildman–Crippen LogP) is 0.748. The molecule has 0 aromatic carbocycles. The van der Waals surface area contributed by atoms with Crippen molar-refractivity contribution in [3.05, 3.63) is 11.8 Å². The summed E-state index contributed by atoms with van der Waals surface area (Å²) in [5, 5.41) is 16.9. The molecule has 5 nitrogen and oxygen atoms in total. The van der Waals surface area contributed by atoms with Crippen LogP contribution < -0.4 is 5.73 Å². The van der Waals surface area contributed by atoms with Gasteiger partial charge in [0.05, 0.1) is 6.10 Å². The van der Waals surface area contributed by atoms with E-state index in [-0.39, 0.29) is 11.3 Å². The van der Waals surface area contributed by atoms with E-state index >= 15 is 0 Å². The molecule has 0 fully saturated rings. The van der Waals surface area contributed by atoms with Gasteiger partial charge in [-0.15, -0.1) is 10.2 Å². The van der Waals surface area contributed by atoms with Gasteiger partial charge in [-0.1, -0.05) is 20.8 Å². The summed E-state index contributed by atoms with van der Waals surface area (Å²) in [4.78, 5) is 0. The molecule has 14 heavy (non-hydrogen) atoms. The molecule has 0 saturated carbocycles. The maximum atomic E-state index is 9.23. The summed E-state index contributed by atoms with van der Waals surface area (Å²) in [6.45, 7) is 7.50. The Bertz CT molecular complexity index is 301. The SMILES string of the molecule is C[C@H](O)[C@@H](N)c1nnc(C(C)(C)C)o1. The molecule has 0 unspecified atom stereocenters. The summed E-state index contributed by atoms with van der Waals surface area (Å²) in [6, 6.07) is -0.612. The molecule has 1 aromatic rings. The highest BCUT2D eigenvalue weighted by molar-refractivity contribution is 4.98. The number of aromatic nitrogens is 2. The van der Waals surface area contributed by atoms with Crippen molar-refractivity contribution in [2.45, 2.75) is 45.3 Å². The van der Waals surface area contributed by atoms with Crippen LogP contribution >= 0.6 is 0 Å². The summed E-state index contributed by atoms with van der Waals surface area (Å²) in [5.74, 6) is 0.813. The van der Waals surface area contributed by atoms with Crippen molar-refractivity contribution in [3.63, 3.8) is 0 Å². The van der Waals surface area contributed by atoms with Crippen molar-refractivity contribution in [1.29, 1.82) is 0 Å². The van der Waals surface area contributed by atoms with Gasteiger partial charge in [0.1, 0.15) is 6.04 Å². The summed E-state index contributed by atoms with van der Waals surface area (Å²) < 4.78 is 5.36. The van der Waals surface area contributed by atoms with E-state index in [0.29, 0.717) is 5.89 Å². The Morgan fingerprint density at radius 3 is 2.29 bits per heavy atom. The van der Waals surface area contributed by atoms with E-state index < -0.39 is 12.1 Å². The molecule has 5 heteroatoms. The van der Waals surface area contributed by atoms with Gasteiger partial charge in [0.15, 0.2) is 0 Å². The quantitative estimate of drug-likeness (QED) is 0.734. The van der Waals surface area contributed by atoms with Crippen molar-refractivity contribution >= 4 is 0 Å². The lowest BCUT2D eigenvalue weighted by Crippen LogP contribution is -2.23. The largest absolute Gasteiger partial charge is 0.423 e. The molecule has 0 spiro atoms. The van der Waals surface area contributed by atoms with Gasteiger partial charge in [-0.3, -0.25) is 0 Å². The van der Waals surface area contributed by atoms with Crippen LogP contribution in [0, 0.1) is 0 Å². The summed E-state index contributed by atoms with van der Waals surface area (Å²) in [5.41, 5.74) is 5.46. The Morgan fingerprint density at radius 2 is 1.93 bits per heavy atom. The minimum atomic E-state index is -0.691. The Kier molecular flexibility index (Phi) is 2.92. The Hall–Kier alpha value is -0.940. The van der Waals surface area contributed by atoms with Gasteiger partial charge in [-0.05, 0) is 6.92 Å². The molecule has 0 amide bonds. The zero-order chi connectivity index (χ0) is 10.9. The first-order chi connectivity index (χ1) is 6.32. The molecule has 0 aliphatic rings. The van der Waals surface area contributed by atoms with E-state index in [0.717, 1.165) is 0 Å². The highest BCUT2D eigenvalue weighted by Gasteiger charge is 2.25. The first-order valence-corrected chi connectivity index (χ1v) is 4.60. The molecule has 0 saturated heterocycles. The normalized spacial score (nSPS) is 16.7. The zero-order valence-corrected chi connectivity index (χ0v) is 8.98. The molecule has 0 aliphatic carbocycles. The molecular weight excluding hydrogens is 182 g/mol. The minimum Gasteiger partial charge on any atom is -0.423 e. The molecular formula is C9H17N3O2. The van der Waals surface area contributed by atoms with E-state index in [1.165, 1.54) is 0 Å². The van der Waals surface area contributed by atoms with Crippen LogP contribution in [0.4, 0.5) is 0 Å². The molecule has 0 aliphatic heterocycles. The molecule has 2 atom stereocenters. The lowest BCUT2D eigenvalue weighted by atomic mass is 9.97. The Labute approximate surface area is 83.3 Å². The lowest BCUT2D eigenvalue weighted by molar-refractivity contribution is 0.148. The van der Waals surface area contributed by atoms with Crippen molar-refractivity contribution in [2.75, 3.05) is 0 Å². The first-order valence-electron chi connectivity index (χ1n) is 4.60. The van der Waals surface area contributed by atoms with Crippen molar-refractivity contribution in [3.8, 4) is 0 Å². The number of hydrogen-bond donors (Lipinski definition) is 2. The topological polar surface area (TPSA) is 85.2 Å².